The van der Waals surface area contributed by atoms with E-state index in [1.807, 2.05) is 6.07 Å². The molecule has 2 unspecified atom stereocenters. The summed E-state index contributed by atoms with van der Waals surface area (Å²) in [5.41, 5.74) is 1.33. The van der Waals surface area contributed by atoms with Crippen LogP contribution in [0.2, 0.25) is 0 Å². The van der Waals surface area contributed by atoms with Gasteiger partial charge in [-0.1, -0.05) is 39.7 Å². The van der Waals surface area contributed by atoms with E-state index in [4.69, 9.17) is 4.74 Å². The van der Waals surface area contributed by atoms with E-state index in [1.54, 1.807) is 7.11 Å². The van der Waals surface area contributed by atoms with Crippen molar-refractivity contribution in [2.75, 3.05) is 13.7 Å². The highest BCUT2D eigenvalue weighted by atomic mass is 31.0. The Hall–Kier alpha value is -0.430. The van der Waals surface area contributed by atoms with Crippen LogP contribution in [0.15, 0.2) is 30.3 Å². The predicted molar refractivity (Wildman–Crippen MR) is 58.7 cm³/mol. The topological polar surface area (TPSA) is 21.3 Å². The Morgan fingerprint density at radius 2 is 2.08 bits per heavy atom. The zero-order valence-electron chi connectivity index (χ0n) is 7.86. The Kier molecular flexibility index (Phi) is 4.99. The van der Waals surface area contributed by atoms with Gasteiger partial charge in [0.2, 0.25) is 0 Å². The Balaban J connectivity index is 2.46. The predicted octanol–water partition coefficient (Wildman–Crippen LogP) is 1.62. The van der Waals surface area contributed by atoms with Crippen LogP contribution in [-0.4, -0.2) is 19.8 Å². The average Bonchev–Trinajstić information content (AvgIpc) is 2.19. The highest BCUT2D eigenvalue weighted by molar-refractivity contribution is 7.13. The van der Waals surface area contributed by atoms with Gasteiger partial charge < -0.3 is 4.74 Å². The second-order valence-corrected chi connectivity index (χ2v) is 3.34. The molecule has 0 heterocycles. The van der Waals surface area contributed by atoms with E-state index in [0.29, 0.717) is 6.04 Å². The maximum atomic E-state index is 5.09. The fourth-order valence-corrected chi connectivity index (χ4v) is 1.48. The fraction of sp³-hybridized carbons (Fsp3) is 0.400. The lowest BCUT2D eigenvalue weighted by Gasteiger charge is -2.14. The Labute approximate surface area is 81.9 Å². The van der Waals surface area contributed by atoms with Gasteiger partial charge >= 0.3 is 0 Å². The van der Waals surface area contributed by atoms with Crippen LogP contribution in [0.4, 0.5) is 0 Å². The lowest BCUT2D eigenvalue weighted by atomic mass is 10.1. The minimum atomic E-state index is 0.373. The summed E-state index contributed by atoms with van der Waals surface area (Å²) in [6.45, 7) is 0.735. The fourth-order valence-electron chi connectivity index (χ4n) is 1.27. The molecular weight excluding hydrogens is 181 g/mol. The van der Waals surface area contributed by atoms with Crippen molar-refractivity contribution in [1.29, 1.82) is 0 Å². The summed E-state index contributed by atoms with van der Waals surface area (Å²) in [6, 6.07) is 10.8. The number of nitrogens with one attached hydrogen (secondary N) is 1. The number of hydrogen-bond acceptors (Lipinski definition) is 2. The summed E-state index contributed by atoms with van der Waals surface area (Å²) < 4.78 is 5.09. The van der Waals surface area contributed by atoms with E-state index in [9.17, 15) is 0 Å². The van der Waals surface area contributed by atoms with Crippen LogP contribution in [0.25, 0.3) is 0 Å². The van der Waals surface area contributed by atoms with Crippen LogP contribution >= 0.6 is 9.39 Å². The molecule has 2 atom stereocenters. The minimum Gasteiger partial charge on any atom is -0.383 e. The van der Waals surface area contributed by atoms with E-state index in [2.05, 4.69) is 38.7 Å². The first-order valence-electron chi connectivity index (χ1n) is 4.36. The molecule has 0 spiro atoms. The molecule has 1 rings (SSSR count). The number of ether oxygens (including phenoxy) is 1. The van der Waals surface area contributed by atoms with Gasteiger partial charge in [0.25, 0.3) is 0 Å². The lowest BCUT2D eigenvalue weighted by molar-refractivity contribution is 0.175. The molecule has 1 N–H and O–H groups in total. The molecule has 0 amide bonds. The van der Waals surface area contributed by atoms with Crippen molar-refractivity contribution in [2.45, 2.75) is 12.5 Å². The molecule has 1 aromatic rings. The number of rotatable bonds is 5. The van der Waals surface area contributed by atoms with Gasteiger partial charge in [-0.3, -0.25) is 5.09 Å². The highest BCUT2D eigenvalue weighted by Crippen LogP contribution is 2.04. The van der Waals surface area contributed by atoms with Crippen LogP contribution in [-0.2, 0) is 11.2 Å². The highest BCUT2D eigenvalue weighted by Gasteiger charge is 2.05. The third-order valence-electron chi connectivity index (χ3n) is 1.93. The van der Waals surface area contributed by atoms with E-state index in [1.165, 1.54) is 5.56 Å². The average molecular weight is 197 g/mol. The summed E-state index contributed by atoms with van der Waals surface area (Å²) in [4.78, 5) is 0. The second-order valence-electron chi connectivity index (χ2n) is 3.01. The molecule has 0 radical (unpaired) electrons. The molecule has 0 saturated heterocycles. The van der Waals surface area contributed by atoms with Crippen LogP contribution in [0.3, 0.4) is 0 Å². The molecule has 0 bridgehead atoms. The molecule has 0 aliphatic heterocycles. The Morgan fingerprint density at radius 1 is 1.38 bits per heavy atom. The normalized spacial score (nSPS) is 12.8. The first-order chi connectivity index (χ1) is 6.36. The Bertz CT molecular complexity index is 228. The number of methoxy groups -OCH3 is 1. The molecule has 0 fully saturated rings. The molecular formula is C10H16NOP. The van der Waals surface area contributed by atoms with Gasteiger partial charge in [-0.05, 0) is 12.0 Å². The quantitative estimate of drug-likeness (QED) is 0.724. The summed E-state index contributed by atoms with van der Waals surface area (Å²) in [7, 11) is 4.26. The van der Waals surface area contributed by atoms with Crippen LogP contribution in [0.5, 0.6) is 0 Å². The first-order valence-corrected chi connectivity index (χ1v) is 4.93. The number of hydrogen-bond donors (Lipinski definition) is 1. The van der Waals surface area contributed by atoms with E-state index in [0.717, 1.165) is 13.0 Å². The zero-order chi connectivity index (χ0) is 9.52. The molecule has 1 aromatic carbocycles. The molecule has 13 heavy (non-hydrogen) atoms. The first kappa shape index (κ1) is 10.6. The molecule has 3 heteroatoms. The van der Waals surface area contributed by atoms with Crippen molar-refractivity contribution >= 4 is 9.39 Å². The standard InChI is InChI=1S/C10H16NOP/c1-12-8-10(11-13)7-9-5-3-2-4-6-9/h2-6,10-11H,7-8,13H2,1H3. The van der Waals surface area contributed by atoms with Gasteiger partial charge in [0.05, 0.1) is 6.61 Å². The Morgan fingerprint density at radius 3 is 2.62 bits per heavy atom. The van der Waals surface area contributed by atoms with Crippen LogP contribution < -0.4 is 5.09 Å². The third-order valence-corrected chi connectivity index (χ3v) is 2.40. The van der Waals surface area contributed by atoms with Gasteiger partial charge in [0.15, 0.2) is 0 Å². The lowest BCUT2D eigenvalue weighted by Crippen LogP contribution is -2.28. The minimum absolute atomic E-state index is 0.373. The smallest absolute Gasteiger partial charge is 0.0621 e. The maximum absolute atomic E-state index is 5.09. The van der Waals surface area contributed by atoms with Crippen LogP contribution in [0, 0.1) is 0 Å². The van der Waals surface area contributed by atoms with E-state index in [-0.39, 0.29) is 0 Å². The van der Waals surface area contributed by atoms with Crippen molar-refractivity contribution in [2.24, 2.45) is 0 Å². The van der Waals surface area contributed by atoms with Crippen molar-refractivity contribution in [3.8, 4) is 0 Å². The van der Waals surface area contributed by atoms with Gasteiger partial charge in [-0.25, -0.2) is 0 Å². The van der Waals surface area contributed by atoms with E-state index < -0.39 is 0 Å². The van der Waals surface area contributed by atoms with Crippen molar-refractivity contribution in [1.82, 2.24) is 5.09 Å². The molecule has 2 nitrogen and oxygen atoms in total. The molecule has 0 aliphatic rings. The van der Waals surface area contributed by atoms with Crippen molar-refractivity contribution < 1.29 is 4.74 Å². The monoisotopic (exact) mass is 197 g/mol. The SMILES string of the molecule is COCC(Cc1ccccc1)NP. The number of benzene rings is 1. The zero-order valence-corrected chi connectivity index (χ0v) is 9.02. The summed E-state index contributed by atoms with van der Waals surface area (Å²) >= 11 is 0. The molecule has 0 saturated carbocycles. The van der Waals surface area contributed by atoms with Crippen molar-refractivity contribution in [3.63, 3.8) is 0 Å². The van der Waals surface area contributed by atoms with Crippen LogP contribution in [0.1, 0.15) is 5.56 Å². The summed E-state index contributed by atoms with van der Waals surface area (Å²) in [6.07, 6.45) is 0.998. The second kappa shape index (κ2) is 6.09. The summed E-state index contributed by atoms with van der Waals surface area (Å²) in [5, 5.41) is 3.14. The largest absolute Gasteiger partial charge is 0.383 e. The maximum Gasteiger partial charge on any atom is 0.0621 e. The molecule has 0 aliphatic carbocycles. The van der Waals surface area contributed by atoms with Gasteiger partial charge in [0.1, 0.15) is 0 Å². The molecule has 72 valence electrons. The van der Waals surface area contributed by atoms with Gasteiger partial charge in [-0.15, -0.1) is 0 Å². The van der Waals surface area contributed by atoms with Gasteiger partial charge in [-0.2, -0.15) is 0 Å². The van der Waals surface area contributed by atoms with Gasteiger partial charge in [0, 0.05) is 13.2 Å². The summed E-state index contributed by atoms with van der Waals surface area (Å²) in [5.74, 6) is 0. The van der Waals surface area contributed by atoms with Crippen molar-refractivity contribution in [3.05, 3.63) is 35.9 Å². The third kappa shape index (κ3) is 3.86. The van der Waals surface area contributed by atoms with E-state index >= 15 is 0 Å². The molecule has 0 aromatic heterocycles.